The van der Waals surface area contributed by atoms with Gasteiger partial charge in [0.2, 0.25) is 10.0 Å². The Kier molecular flexibility index (Phi) is 8.98. The zero-order valence-corrected chi connectivity index (χ0v) is 18.2. The van der Waals surface area contributed by atoms with Gasteiger partial charge in [-0.25, -0.2) is 13.1 Å². The van der Waals surface area contributed by atoms with Crippen LogP contribution in [0.25, 0.3) is 6.08 Å². The van der Waals surface area contributed by atoms with Crippen molar-refractivity contribution in [3.05, 3.63) is 51.0 Å². The second kappa shape index (κ2) is 11.0. The zero-order chi connectivity index (χ0) is 19.7. The van der Waals surface area contributed by atoms with Crippen LogP contribution in [-0.4, -0.2) is 25.5 Å². The van der Waals surface area contributed by atoms with Crippen molar-refractivity contribution in [3.63, 3.8) is 0 Å². The lowest BCUT2D eigenvalue weighted by Crippen LogP contribution is -2.37. The monoisotopic (exact) mass is 503 g/mol. The van der Waals surface area contributed by atoms with E-state index in [0.717, 1.165) is 41.2 Å². The first-order chi connectivity index (χ1) is 12.8. The molecule has 2 atom stereocenters. The van der Waals surface area contributed by atoms with Gasteiger partial charge in [-0.1, -0.05) is 30.7 Å². The minimum atomic E-state index is -3.47. The van der Waals surface area contributed by atoms with Crippen LogP contribution in [-0.2, 0) is 14.8 Å². The van der Waals surface area contributed by atoms with E-state index in [0.29, 0.717) is 12.3 Å². The highest BCUT2D eigenvalue weighted by molar-refractivity contribution is 14.1. The number of benzene rings is 1. The fourth-order valence-corrected chi connectivity index (χ4v) is 4.64. The molecule has 2 unspecified atom stereocenters. The number of allylic oxidation sites excluding steroid dienone is 2. The summed E-state index contributed by atoms with van der Waals surface area (Å²) in [7, 11) is -3.47. The van der Waals surface area contributed by atoms with Gasteiger partial charge in [0.05, 0.1) is 0 Å². The Balaban J connectivity index is 1.83. The fourth-order valence-electron chi connectivity index (χ4n) is 3.18. The molecule has 1 saturated carbocycles. The Hall–Kier alpha value is -1.19. The number of unbranched alkanes of at least 4 members (excludes halogenated alkanes) is 1. The Bertz CT molecular complexity index is 772. The van der Waals surface area contributed by atoms with Crippen molar-refractivity contribution in [2.24, 2.45) is 5.92 Å². The number of nitrogens with one attached hydrogen (secondary N) is 1. The summed E-state index contributed by atoms with van der Waals surface area (Å²) in [5.74, 6) is -0.426. The van der Waals surface area contributed by atoms with Crippen molar-refractivity contribution in [2.45, 2.75) is 51.0 Å². The lowest BCUT2D eigenvalue weighted by atomic mass is 9.86. The van der Waals surface area contributed by atoms with Crippen LogP contribution >= 0.6 is 22.6 Å². The van der Waals surface area contributed by atoms with Gasteiger partial charge in [-0.05, 0) is 84.4 Å². The van der Waals surface area contributed by atoms with Gasteiger partial charge in [0, 0.05) is 21.4 Å². The minimum absolute atomic E-state index is 0.0567. The van der Waals surface area contributed by atoms with Crippen molar-refractivity contribution >= 4 is 44.7 Å². The molecule has 0 aromatic heterocycles. The van der Waals surface area contributed by atoms with Crippen LogP contribution in [0.2, 0.25) is 0 Å². The number of carbonyl (C=O) groups is 1. The molecule has 5 nitrogen and oxygen atoms in total. The van der Waals surface area contributed by atoms with Gasteiger partial charge in [-0.2, -0.15) is 0 Å². The van der Waals surface area contributed by atoms with Crippen LogP contribution in [0.1, 0.15) is 50.5 Å². The average molecular weight is 503 g/mol. The van der Waals surface area contributed by atoms with Crippen molar-refractivity contribution in [1.82, 2.24) is 4.72 Å². The predicted octanol–water partition coefficient (Wildman–Crippen LogP) is 4.55. The molecule has 2 N–H and O–H groups in total. The summed E-state index contributed by atoms with van der Waals surface area (Å²) in [4.78, 5) is 10.5. The third-order valence-corrected chi connectivity index (χ3v) is 6.40. The highest BCUT2D eigenvalue weighted by atomic mass is 127. The quantitative estimate of drug-likeness (QED) is 0.294. The summed E-state index contributed by atoms with van der Waals surface area (Å²) >= 11 is 2.21. The molecular formula is C20H26INO4S. The van der Waals surface area contributed by atoms with Gasteiger partial charge in [0.15, 0.2) is 0 Å². The maximum absolute atomic E-state index is 12.3. The smallest absolute Gasteiger partial charge is 0.303 e. The molecule has 0 bridgehead atoms. The fraction of sp³-hybridized carbons (Fsp3) is 0.450. The van der Waals surface area contributed by atoms with Crippen molar-refractivity contribution in [1.29, 1.82) is 0 Å². The van der Waals surface area contributed by atoms with E-state index in [-0.39, 0.29) is 12.5 Å². The number of carboxylic acid groups (broad SMARTS) is 1. The maximum Gasteiger partial charge on any atom is 0.303 e. The first-order valence-corrected chi connectivity index (χ1v) is 11.8. The lowest BCUT2D eigenvalue weighted by Gasteiger charge is -2.27. The molecule has 27 heavy (non-hydrogen) atoms. The SMILES string of the molecule is O=C(O)CCC/C=C/C1CCCC(NS(=O)(=O)/C=C/c2ccc(I)cc2)C1. The molecule has 0 amide bonds. The van der Waals surface area contributed by atoms with E-state index >= 15 is 0 Å². The molecule has 1 aliphatic rings. The number of hydrogen-bond acceptors (Lipinski definition) is 3. The number of carboxylic acids is 1. The van der Waals surface area contributed by atoms with Crippen LogP contribution in [0, 0.1) is 9.49 Å². The number of hydrogen-bond donors (Lipinski definition) is 2. The van der Waals surface area contributed by atoms with Crippen molar-refractivity contribution in [2.75, 3.05) is 0 Å². The molecule has 1 fully saturated rings. The van der Waals surface area contributed by atoms with E-state index < -0.39 is 16.0 Å². The second-order valence-corrected chi connectivity index (χ2v) is 9.70. The first-order valence-electron chi connectivity index (χ1n) is 9.18. The molecule has 0 radical (unpaired) electrons. The van der Waals surface area contributed by atoms with Crippen molar-refractivity contribution < 1.29 is 18.3 Å². The highest BCUT2D eigenvalue weighted by Crippen LogP contribution is 2.26. The van der Waals surface area contributed by atoms with Gasteiger partial charge in [-0.3, -0.25) is 4.79 Å². The largest absolute Gasteiger partial charge is 0.481 e. The Morgan fingerprint density at radius 2 is 2.00 bits per heavy atom. The maximum atomic E-state index is 12.3. The average Bonchev–Trinajstić information content (AvgIpc) is 2.61. The van der Waals surface area contributed by atoms with E-state index in [1.165, 1.54) is 5.41 Å². The Morgan fingerprint density at radius 3 is 2.70 bits per heavy atom. The molecule has 148 valence electrons. The lowest BCUT2D eigenvalue weighted by molar-refractivity contribution is -0.137. The molecule has 0 aliphatic heterocycles. The molecule has 1 aromatic rings. The molecule has 0 heterocycles. The number of halogens is 1. The molecule has 1 aromatic carbocycles. The Morgan fingerprint density at radius 1 is 1.26 bits per heavy atom. The third-order valence-electron chi connectivity index (χ3n) is 4.53. The molecular weight excluding hydrogens is 477 g/mol. The third kappa shape index (κ3) is 9.03. The van der Waals surface area contributed by atoms with E-state index in [2.05, 4.69) is 33.4 Å². The summed E-state index contributed by atoms with van der Waals surface area (Å²) in [5, 5.41) is 9.87. The molecule has 2 rings (SSSR count). The van der Waals surface area contributed by atoms with Gasteiger partial charge in [0.25, 0.3) is 0 Å². The van der Waals surface area contributed by atoms with Crippen molar-refractivity contribution in [3.8, 4) is 0 Å². The second-order valence-electron chi connectivity index (χ2n) is 6.85. The van der Waals surface area contributed by atoms with Gasteiger partial charge in [0.1, 0.15) is 0 Å². The van der Waals surface area contributed by atoms with Crippen LogP contribution in [0.4, 0.5) is 0 Å². The van der Waals surface area contributed by atoms with E-state index in [1.807, 2.05) is 30.3 Å². The normalized spacial score (nSPS) is 21.1. The highest BCUT2D eigenvalue weighted by Gasteiger charge is 2.23. The number of sulfonamides is 1. The van der Waals surface area contributed by atoms with Gasteiger partial charge < -0.3 is 5.11 Å². The minimum Gasteiger partial charge on any atom is -0.481 e. The summed E-state index contributed by atoms with van der Waals surface area (Å²) in [6.07, 6.45) is 11.0. The van der Waals surface area contributed by atoms with Crippen LogP contribution in [0.3, 0.4) is 0 Å². The van der Waals surface area contributed by atoms with Crippen LogP contribution < -0.4 is 4.72 Å². The molecule has 0 saturated heterocycles. The van der Waals surface area contributed by atoms with E-state index in [4.69, 9.17) is 5.11 Å². The number of aliphatic carboxylic acids is 1. The van der Waals surface area contributed by atoms with Gasteiger partial charge in [-0.15, -0.1) is 0 Å². The summed E-state index contributed by atoms with van der Waals surface area (Å²) in [6.45, 7) is 0. The predicted molar refractivity (Wildman–Crippen MR) is 117 cm³/mol. The zero-order valence-electron chi connectivity index (χ0n) is 15.2. The standard InChI is InChI=1S/C20H26INO4S/c21-18-11-9-16(10-12-18)13-14-27(25,26)22-19-7-4-6-17(15-19)5-2-1-3-8-20(23)24/h2,5,9-14,17,19,22H,1,3-4,6-8,15H2,(H,23,24)/b5-2+,14-13+. The topological polar surface area (TPSA) is 83.5 Å². The van der Waals surface area contributed by atoms with E-state index in [1.54, 1.807) is 6.08 Å². The summed E-state index contributed by atoms with van der Waals surface area (Å²) < 4.78 is 28.6. The Labute approximate surface area is 175 Å². The van der Waals surface area contributed by atoms with Crippen LogP contribution in [0.15, 0.2) is 41.8 Å². The molecule has 1 aliphatic carbocycles. The van der Waals surface area contributed by atoms with Gasteiger partial charge >= 0.3 is 5.97 Å². The molecule has 0 spiro atoms. The summed E-state index contributed by atoms with van der Waals surface area (Å²) in [5.41, 5.74) is 0.853. The van der Waals surface area contributed by atoms with E-state index in [9.17, 15) is 13.2 Å². The molecule has 7 heteroatoms. The first kappa shape index (κ1) is 22.1. The summed E-state index contributed by atoms with van der Waals surface area (Å²) in [6, 6.07) is 7.60. The van der Waals surface area contributed by atoms with Crippen LogP contribution in [0.5, 0.6) is 0 Å². The number of rotatable bonds is 9.